The molecule has 2 nitrogen and oxygen atoms in total. The lowest BCUT2D eigenvalue weighted by molar-refractivity contribution is 0.199. The third kappa shape index (κ3) is 1.79. The minimum absolute atomic E-state index is 0.634. The summed E-state index contributed by atoms with van der Waals surface area (Å²) in [6, 6.07) is 0. The third-order valence-electron chi connectivity index (χ3n) is 0.568. The van der Waals surface area contributed by atoms with Gasteiger partial charge in [0.15, 0.2) is 0 Å². The van der Waals surface area contributed by atoms with Crippen LogP contribution in [0.3, 0.4) is 0 Å². The Labute approximate surface area is 37.6 Å². The maximum Gasteiger partial charge on any atom is 0.118 e. The highest BCUT2D eigenvalue weighted by atomic mass is 16.6. The van der Waals surface area contributed by atoms with Crippen LogP contribution in [0.25, 0.3) is 0 Å². The highest BCUT2D eigenvalue weighted by molar-refractivity contribution is 4.82. The largest absolute Gasteiger partial charge is 0.396 e. The Kier molecular flexibility index (Phi) is 2.50. The van der Waals surface area contributed by atoms with Crippen molar-refractivity contribution in [3.63, 3.8) is 0 Å². The van der Waals surface area contributed by atoms with Gasteiger partial charge in [0.1, 0.15) is 5.76 Å². The molecule has 35 valence electrons. The minimum atomic E-state index is 0.634. The molecular weight excluding hydrogens is 78.0 g/mol. The van der Waals surface area contributed by atoms with E-state index >= 15 is 0 Å². The van der Waals surface area contributed by atoms with Crippen molar-refractivity contribution < 1.29 is 4.84 Å². The first-order chi connectivity index (χ1) is 2.81. The molecule has 0 saturated heterocycles. The van der Waals surface area contributed by atoms with Crippen molar-refractivity contribution in [1.82, 2.24) is 5.90 Å². The Hall–Kier alpha value is -0.500. The smallest absolute Gasteiger partial charge is 0.118 e. The molecule has 0 amide bonds. The maximum atomic E-state index is 6.24. The number of hydrogen-bond donors (Lipinski definition) is 0. The molecule has 0 aromatic carbocycles. The van der Waals surface area contributed by atoms with Crippen molar-refractivity contribution in [3.05, 3.63) is 11.8 Å². The van der Waals surface area contributed by atoms with Crippen LogP contribution in [0.2, 0.25) is 0 Å². The number of allylic oxidation sites excluding steroid dienone is 2. The lowest BCUT2D eigenvalue weighted by Crippen LogP contribution is -1.78. The number of nitrogens with one attached hydrogen (secondary N) is 1. The van der Waals surface area contributed by atoms with Gasteiger partial charge in [-0.3, -0.25) is 0 Å². The van der Waals surface area contributed by atoms with Crippen LogP contribution in [-0.2, 0) is 4.84 Å². The predicted octanol–water partition coefficient (Wildman–Crippen LogP) is 1.12. The summed E-state index contributed by atoms with van der Waals surface area (Å²) in [7, 11) is 0. The van der Waals surface area contributed by atoms with Crippen LogP contribution in [0.4, 0.5) is 0 Å². The Balaban J connectivity index is 3.22. The zero-order valence-electron chi connectivity index (χ0n) is 3.99. The minimum Gasteiger partial charge on any atom is -0.396 e. The average Bonchev–Trinajstić information content (AvgIpc) is 1.65. The van der Waals surface area contributed by atoms with Gasteiger partial charge in [-0.1, -0.05) is 5.90 Å². The van der Waals surface area contributed by atoms with E-state index in [4.69, 9.17) is 5.90 Å². The molecule has 0 aromatic heterocycles. The SMILES string of the molecule is C/C=C(/C)O[NH]. The molecule has 0 unspecified atom stereocenters. The highest BCUT2D eigenvalue weighted by Gasteiger charge is 1.74. The van der Waals surface area contributed by atoms with Gasteiger partial charge in [-0.15, -0.1) is 0 Å². The van der Waals surface area contributed by atoms with E-state index in [0.29, 0.717) is 5.76 Å². The van der Waals surface area contributed by atoms with Crippen LogP contribution in [0.1, 0.15) is 13.8 Å². The molecule has 2 heteroatoms. The molecular formula is C4H8NO. The molecule has 6 heavy (non-hydrogen) atoms. The van der Waals surface area contributed by atoms with E-state index < -0.39 is 0 Å². The van der Waals surface area contributed by atoms with E-state index in [0.717, 1.165) is 0 Å². The van der Waals surface area contributed by atoms with E-state index in [1.54, 1.807) is 13.0 Å². The first-order valence-corrected chi connectivity index (χ1v) is 1.77. The summed E-state index contributed by atoms with van der Waals surface area (Å²) < 4.78 is 0. The van der Waals surface area contributed by atoms with E-state index in [2.05, 4.69) is 4.84 Å². The van der Waals surface area contributed by atoms with Crippen LogP contribution >= 0.6 is 0 Å². The van der Waals surface area contributed by atoms with E-state index in [-0.39, 0.29) is 0 Å². The van der Waals surface area contributed by atoms with Gasteiger partial charge in [0.05, 0.1) is 0 Å². The van der Waals surface area contributed by atoms with E-state index in [1.165, 1.54) is 0 Å². The summed E-state index contributed by atoms with van der Waals surface area (Å²) in [5.41, 5.74) is 0. The van der Waals surface area contributed by atoms with Gasteiger partial charge in [0, 0.05) is 0 Å². The Morgan fingerprint density at radius 2 is 2.33 bits per heavy atom. The summed E-state index contributed by atoms with van der Waals surface area (Å²) in [5, 5.41) is 0. The second kappa shape index (κ2) is 2.72. The summed E-state index contributed by atoms with van der Waals surface area (Å²) in [5.74, 6) is 6.87. The van der Waals surface area contributed by atoms with Crippen molar-refractivity contribution in [2.24, 2.45) is 0 Å². The third-order valence-corrected chi connectivity index (χ3v) is 0.568. The summed E-state index contributed by atoms with van der Waals surface area (Å²) in [6.07, 6.45) is 1.73. The monoisotopic (exact) mass is 86.1 g/mol. The van der Waals surface area contributed by atoms with Crippen LogP contribution in [0.15, 0.2) is 11.8 Å². The first kappa shape index (κ1) is 5.50. The van der Waals surface area contributed by atoms with Crippen molar-refractivity contribution >= 4 is 0 Å². The van der Waals surface area contributed by atoms with Crippen molar-refractivity contribution in [2.45, 2.75) is 13.8 Å². The zero-order valence-corrected chi connectivity index (χ0v) is 3.99. The van der Waals surface area contributed by atoms with Gasteiger partial charge in [-0.2, -0.15) is 0 Å². The van der Waals surface area contributed by atoms with Gasteiger partial charge in [-0.25, -0.2) is 0 Å². The van der Waals surface area contributed by atoms with Crippen molar-refractivity contribution in [2.75, 3.05) is 0 Å². The molecule has 1 N–H and O–H groups in total. The first-order valence-electron chi connectivity index (χ1n) is 1.77. The lowest BCUT2D eigenvalue weighted by Gasteiger charge is -1.88. The fraction of sp³-hybridized carbons (Fsp3) is 0.500. The van der Waals surface area contributed by atoms with Crippen LogP contribution in [0.5, 0.6) is 0 Å². The molecule has 0 saturated carbocycles. The molecule has 0 atom stereocenters. The summed E-state index contributed by atoms with van der Waals surface area (Å²) >= 11 is 0. The van der Waals surface area contributed by atoms with E-state index in [1.807, 2.05) is 6.92 Å². The normalized spacial score (nSPS) is 11.5. The summed E-state index contributed by atoms with van der Waals surface area (Å²) in [6.45, 7) is 3.55. The van der Waals surface area contributed by atoms with Crippen molar-refractivity contribution in [3.8, 4) is 0 Å². The van der Waals surface area contributed by atoms with Crippen LogP contribution in [-0.4, -0.2) is 0 Å². The zero-order chi connectivity index (χ0) is 4.99. The van der Waals surface area contributed by atoms with Gasteiger partial charge >= 0.3 is 0 Å². The topological polar surface area (TPSA) is 33.0 Å². The lowest BCUT2D eigenvalue weighted by atomic mass is 10.5. The molecule has 0 aliphatic heterocycles. The quantitative estimate of drug-likeness (QED) is 0.347. The Morgan fingerprint density at radius 1 is 1.83 bits per heavy atom. The summed E-state index contributed by atoms with van der Waals surface area (Å²) in [4.78, 5) is 4.01. The Bertz CT molecular complexity index is 58.6. The predicted molar refractivity (Wildman–Crippen MR) is 23.6 cm³/mol. The second-order valence-corrected chi connectivity index (χ2v) is 1.00. The standard InChI is InChI=1S/C4H8NO/c1-3-4(2)6-5/h3,5H,1-2H3/b4-3-. The maximum absolute atomic E-state index is 6.24. The average molecular weight is 86.1 g/mol. The Morgan fingerprint density at radius 3 is 2.33 bits per heavy atom. The van der Waals surface area contributed by atoms with Crippen LogP contribution in [0, 0.1) is 0 Å². The van der Waals surface area contributed by atoms with Gasteiger partial charge in [0.25, 0.3) is 0 Å². The number of rotatable bonds is 1. The highest BCUT2D eigenvalue weighted by Crippen LogP contribution is 1.86. The fourth-order valence-electron chi connectivity index (χ4n) is 0.0589. The molecule has 0 aliphatic carbocycles. The van der Waals surface area contributed by atoms with Crippen LogP contribution < -0.4 is 5.90 Å². The molecule has 0 spiro atoms. The molecule has 0 aromatic rings. The van der Waals surface area contributed by atoms with E-state index in [9.17, 15) is 0 Å². The fourth-order valence-corrected chi connectivity index (χ4v) is 0.0589. The molecule has 0 bridgehead atoms. The van der Waals surface area contributed by atoms with Gasteiger partial charge in [0.2, 0.25) is 0 Å². The number of hydrogen-bond acceptors (Lipinski definition) is 1. The van der Waals surface area contributed by atoms with Crippen molar-refractivity contribution in [1.29, 1.82) is 0 Å². The molecule has 0 rings (SSSR count). The molecule has 1 radical (unpaired) electrons. The van der Waals surface area contributed by atoms with Gasteiger partial charge in [-0.05, 0) is 19.9 Å². The second-order valence-electron chi connectivity index (χ2n) is 1.00. The molecule has 0 heterocycles. The van der Waals surface area contributed by atoms with Gasteiger partial charge < -0.3 is 4.84 Å². The molecule has 0 fully saturated rings. The molecule has 0 aliphatic rings.